The van der Waals surface area contributed by atoms with E-state index in [1.807, 2.05) is 5.01 Å². The quantitative estimate of drug-likeness (QED) is 0.332. The monoisotopic (exact) mass is 504 g/mol. The minimum absolute atomic E-state index is 0.0672. The third-order valence-electron chi connectivity index (χ3n) is 6.43. The maximum absolute atomic E-state index is 15.8. The SMILES string of the molecule is [2H][C@@](Nc1cc2c(NCC(C)(C)C)c(C#N)cnc2c(C)c1F)(C1=CN(C2CC2)NN1)c1ccc(F)cc1. The predicted molar refractivity (Wildman–Crippen MR) is 141 cm³/mol. The molecular formula is C28H31F2N7. The van der Waals surface area contributed by atoms with E-state index in [0.29, 0.717) is 51.6 Å². The number of anilines is 2. The number of hydrogen-bond acceptors (Lipinski definition) is 7. The number of aryl methyl sites for hydroxylation is 1. The summed E-state index contributed by atoms with van der Waals surface area (Å²) >= 11 is 0. The van der Waals surface area contributed by atoms with Crippen LogP contribution in [0, 0.1) is 35.3 Å². The first-order chi connectivity index (χ1) is 18.0. The molecule has 1 atom stereocenters. The van der Waals surface area contributed by atoms with Crippen LogP contribution in [-0.2, 0) is 0 Å². The zero-order valence-electron chi connectivity index (χ0n) is 22.3. The zero-order chi connectivity index (χ0) is 27.2. The Bertz CT molecular complexity index is 1460. The second kappa shape index (κ2) is 9.52. The molecule has 37 heavy (non-hydrogen) atoms. The highest BCUT2D eigenvalue weighted by molar-refractivity contribution is 5.98. The van der Waals surface area contributed by atoms with Gasteiger partial charge in [0, 0.05) is 35.9 Å². The van der Waals surface area contributed by atoms with Crippen LogP contribution in [0.2, 0.25) is 0 Å². The molecule has 0 radical (unpaired) electrons. The Morgan fingerprint density at radius 1 is 1.27 bits per heavy atom. The molecule has 1 aromatic heterocycles. The average Bonchev–Trinajstić information content (AvgIpc) is 3.61. The van der Waals surface area contributed by atoms with Gasteiger partial charge < -0.3 is 16.1 Å². The Hall–Kier alpha value is -3.90. The minimum atomic E-state index is -1.69. The van der Waals surface area contributed by atoms with Gasteiger partial charge in [0.05, 0.1) is 35.5 Å². The van der Waals surface area contributed by atoms with E-state index in [2.05, 4.69) is 53.4 Å². The molecular weight excluding hydrogens is 472 g/mol. The lowest BCUT2D eigenvalue weighted by molar-refractivity contribution is 0.260. The summed E-state index contributed by atoms with van der Waals surface area (Å²) in [5, 5.41) is 18.7. The van der Waals surface area contributed by atoms with Gasteiger partial charge in [0.1, 0.15) is 11.9 Å². The van der Waals surface area contributed by atoms with Crippen LogP contribution in [-0.4, -0.2) is 22.6 Å². The molecule has 0 unspecified atom stereocenters. The first kappa shape index (κ1) is 23.5. The Kier molecular flexibility index (Phi) is 6.05. The molecule has 1 aliphatic heterocycles. The van der Waals surface area contributed by atoms with Gasteiger partial charge in [-0.3, -0.25) is 9.99 Å². The molecule has 1 fully saturated rings. The van der Waals surface area contributed by atoms with E-state index in [1.165, 1.54) is 30.5 Å². The molecule has 5 rings (SSSR count). The lowest BCUT2D eigenvalue weighted by atomic mass is 9.96. The zero-order valence-corrected chi connectivity index (χ0v) is 21.3. The molecule has 7 nitrogen and oxygen atoms in total. The summed E-state index contributed by atoms with van der Waals surface area (Å²) in [6.07, 6.45) is 5.30. The molecule has 0 amide bonds. The lowest BCUT2D eigenvalue weighted by Gasteiger charge is -2.24. The van der Waals surface area contributed by atoms with Crippen LogP contribution in [0.25, 0.3) is 10.9 Å². The molecule has 9 heteroatoms. The van der Waals surface area contributed by atoms with Crippen molar-refractivity contribution in [3.8, 4) is 6.07 Å². The van der Waals surface area contributed by atoms with Crippen LogP contribution in [0.4, 0.5) is 20.2 Å². The summed E-state index contributed by atoms with van der Waals surface area (Å²) in [5.41, 5.74) is 8.59. The van der Waals surface area contributed by atoms with Crippen molar-refractivity contribution in [2.24, 2.45) is 5.41 Å². The number of nitriles is 1. The number of nitrogens with one attached hydrogen (secondary N) is 4. The molecule has 0 spiro atoms. The highest BCUT2D eigenvalue weighted by Crippen LogP contribution is 2.37. The largest absolute Gasteiger partial charge is 0.383 e. The molecule has 3 aromatic rings. The summed E-state index contributed by atoms with van der Waals surface area (Å²) in [4.78, 5) is 4.38. The van der Waals surface area contributed by atoms with Crippen molar-refractivity contribution in [1.82, 2.24) is 21.0 Å². The Morgan fingerprint density at radius 2 is 2.00 bits per heavy atom. The molecule has 2 aliphatic rings. The third kappa shape index (κ3) is 5.16. The van der Waals surface area contributed by atoms with Crippen molar-refractivity contribution in [1.29, 1.82) is 5.26 Å². The fourth-order valence-electron chi connectivity index (χ4n) is 4.25. The number of pyridine rings is 1. The van der Waals surface area contributed by atoms with E-state index < -0.39 is 17.7 Å². The van der Waals surface area contributed by atoms with Crippen molar-refractivity contribution in [3.63, 3.8) is 0 Å². The maximum atomic E-state index is 15.8. The van der Waals surface area contributed by atoms with E-state index in [4.69, 9.17) is 0 Å². The number of aromatic nitrogens is 1. The van der Waals surface area contributed by atoms with Crippen molar-refractivity contribution in [3.05, 3.63) is 76.8 Å². The summed E-state index contributed by atoms with van der Waals surface area (Å²) in [7, 11) is 0. The molecule has 2 heterocycles. The number of benzene rings is 2. The number of halogens is 2. The third-order valence-corrected chi connectivity index (χ3v) is 6.43. The number of hydrazine groups is 2. The van der Waals surface area contributed by atoms with Gasteiger partial charge >= 0.3 is 0 Å². The van der Waals surface area contributed by atoms with Gasteiger partial charge in [-0.25, -0.2) is 8.78 Å². The van der Waals surface area contributed by atoms with Crippen LogP contribution in [0.3, 0.4) is 0 Å². The fraction of sp³-hybridized carbons (Fsp3) is 0.357. The first-order valence-electron chi connectivity index (χ1n) is 12.8. The van der Waals surface area contributed by atoms with Gasteiger partial charge in [0.15, 0.2) is 5.82 Å². The van der Waals surface area contributed by atoms with Crippen LogP contribution in [0.1, 0.15) is 57.7 Å². The predicted octanol–water partition coefficient (Wildman–Crippen LogP) is 5.63. The summed E-state index contributed by atoms with van der Waals surface area (Å²) in [5.74, 6) is -0.986. The van der Waals surface area contributed by atoms with Gasteiger partial charge in [-0.15, -0.1) is 5.53 Å². The van der Waals surface area contributed by atoms with E-state index in [0.717, 1.165) is 12.8 Å². The van der Waals surface area contributed by atoms with E-state index in [9.17, 15) is 11.0 Å². The van der Waals surface area contributed by atoms with Gasteiger partial charge in [-0.05, 0) is 48.9 Å². The Balaban J connectivity index is 1.64. The summed E-state index contributed by atoms with van der Waals surface area (Å²) < 4.78 is 39.1. The van der Waals surface area contributed by atoms with Crippen LogP contribution >= 0.6 is 0 Å². The highest BCUT2D eigenvalue weighted by atomic mass is 19.1. The maximum Gasteiger partial charge on any atom is 0.151 e. The van der Waals surface area contributed by atoms with Crippen LogP contribution in [0.15, 0.2) is 48.4 Å². The minimum Gasteiger partial charge on any atom is -0.383 e. The Labute approximate surface area is 216 Å². The van der Waals surface area contributed by atoms with E-state index in [-0.39, 0.29) is 11.1 Å². The van der Waals surface area contributed by atoms with Gasteiger partial charge in [-0.2, -0.15) is 5.26 Å². The van der Waals surface area contributed by atoms with Crippen molar-refractivity contribution in [2.75, 3.05) is 17.2 Å². The molecule has 2 aromatic carbocycles. The molecule has 0 bridgehead atoms. The van der Waals surface area contributed by atoms with E-state index in [1.54, 1.807) is 19.2 Å². The average molecular weight is 505 g/mol. The fourth-order valence-corrected chi connectivity index (χ4v) is 4.25. The number of hydrogen-bond donors (Lipinski definition) is 4. The van der Waals surface area contributed by atoms with Crippen molar-refractivity contribution in [2.45, 2.75) is 52.6 Å². The van der Waals surface area contributed by atoms with Gasteiger partial charge in [0.25, 0.3) is 0 Å². The normalized spacial score (nSPS) is 17.5. The molecule has 192 valence electrons. The van der Waals surface area contributed by atoms with Crippen molar-refractivity contribution < 1.29 is 10.2 Å². The number of rotatable bonds is 7. The summed E-state index contributed by atoms with van der Waals surface area (Å²) in [6.45, 7) is 8.43. The van der Waals surface area contributed by atoms with Crippen LogP contribution in [0.5, 0.6) is 0 Å². The smallest absolute Gasteiger partial charge is 0.151 e. The second-order valence-corrected chi connectivity index (χ2v) is 10.8. The first-order valence-corrected chi connectivity index (χ1v) is 12.3. The number of nitrogens with zero attached hydrogens (tertiary/aromatic N) is 3. The lowest BCUT2D eigenvalue weighted by Crippen LogP contribution is -2.38. The molecule has 4 N–H and O–H groups in total. The summed E-state index contributed by atoms with van der Waals surface area (Å²) in [6, 6.07) is 7.98. The molecule has 1 aliphatic carbocycles. The van der Waals surface area contributed by atoms with E-state index >= 15 is 4.39 Å². The Morgan fingerprint density at radius 3 is 2.65 bits per heavy atom. The second-order valence-electron chi connectivity index (χ2n) is 10.8. The molecule has 0 saturated heterocycles. The highest BCUT2D eigenvalue weighted by Gasteiger charge is 2.32. The van der Waals surface area contributed by atoms with Crippen molar-refractivity contribution >= 4 is 22.3 Å². The topological polar surface area (TPSA) is 88.0 Å². The standard InChI is InChI=1S/C28H31F2N7/c1-16-24(30)22(11-21-25(16)32-13-18(12-31)26(21)33-15-28(2,3)4)34-27(17-5-7-19(29)8-6-17)23-14-37(36-35-23)20-9-10-20/h5-8,11,13-14,20,27,34-36H,9-10,15H2,1-4H3,(H,32,33)/t27-/m0/s1/i27D. The number of fused-ring (bicyclic) bond motifs is 1. The van der Waals surface area contributed by atoms with Gasteiger partial charge in [-0.1, -0.05) is 32.9 Å². The van der Waals surface area contributed by atoms with Crippen LogP contribution < -0.4 is 21.6 Å². The molecule has 1 saturated carbocycles. The van der Waals surface area contributed by atoms with Gasteiger partial charge in [0.2, 0.25) is 0 Å².